The fraction of sp³-hybridized carbons (Fsp3) is 0.526. The van der Waals surface area contributed by atoms with Gasteiger partial charge in [-0.25, -0.2) is 4.39 Å². The van der Waals surface area contributed by atoms with Crippen molar-refractivity contribution in [3.8, 4) is 0 Å². The highest BCUT2D eigenvalue weighted by Crippen LogP contribution is 2.32. The van der Waals surface area contributed by atoms with E-state index in [1.807, 2.05) is 0 Å². The van der Waals surface area contributed by atoms with Crippen LogP contribution in [0.5, 0.6) is 0 Å². The molecule has 1 aromatic carbocycles. The lowest BCUT2D eigenvalue weighted by molar-refractivity contribution is -0.140. The predicted molar refractivity (Wildman–Crippen MR) is 90.8 cm³/mol. The predicted octanol–water partition coefficient (Wildman–Crippen LogP) is 3.94. The highest BCUT2D eigenvalue weighted by Gasteiger charge is 2.34. The first-order chi connectivity index (χ1) is 12.3. The Hall–Kier alpha value is -1.89. The second kappa shape index (κ2) is 7.78. The zero-order chi connectivity index (χ0) is 18.7. The van der Waals surface area contributed by atoms with E-state index >= 15 is 0 Å². The van der Waals surface area contributed by atoms with E-state index in [-0.39, 0.29) is 11.5 Å². The van der Waals surface area contributed by atoms with Gasteiger partial charge in [-0.3, -0.25) is 9.69 Å². The summed E-state index contributed by atoms with van der Waals surface area (Å²) in [4.78, 5) is 16.4. The molecule has 142 valence electrons. The molecule has 0 aromatic heterocycles. The molecule has 0 atom stereocenters. The summed E-state index contributed by atoms with van der Waals surface area (Å²) >= 11 is 0. The van der Waals surface area contributed by atoms with Crippen molar-refractivity contribution in [3.05, 3.63) is 41.2 Å². The lowest BCUT2D eigenvalue weighted by Gasteiger charge is -2.37. The van der Waals surface area contributed by atoms with Crippen molar-refractivity contribution in [1.82, 2.24) is 9.80 Å². The molecule has 0 spiro atoms. The van der Waals surface area contributed by atoms with Gasteiger partial charge < -0.3 is 4.90 Å². The molecule has 0 radical (unpaired) electrons. The highest BCUT2D eigenvalue weighted by molar-refractivity contribution is 5.91. The van der Waals surface area contributed by atoms with Crippen LogP contribution in [0, 0.1) is 5.82 Å². The molecule has 3 nitrogen and oxygen atoms in total. The molecule has 2 fully saturated rings. The molecule has 1 saturated heterocycles. The molecule has 1 aromatic rings. The Morgan fingerprint density at radius 1 is 1.08 bits per heavy atom. The number of nitrogens with zero attached hydrogens (tertiary/aromatic N) is 2. The number of rotatable bonds is 3. The quantitative estimate of drug-likeness (QED) is 0.594. The third-order valence-electron chi connectivity index (χ3n) is 5.18. The maximum Gasteiger partial charge on any atom is 0.419 e. The van der Waals surface area contributed by atoms with Gasteiger partial charge in [0.2, 0.25) is 5.91 Å². The Labute approximate surface area is 150 Å². The molecular formula is C19H22F4N2O. The monoisotopic (exact) mass is 370 g/mol. The number of carbonyl (C=O) groups excluding carboxylic acids is 1. The van der Waals surface area contributed by atoms with Crippen LogP contribution >= 0.6 is 0 Å². The topological polar surface area (TPSA) is 23.6 Å². The van der Waals surface area contributed by atoms with Gasteiger partial charge in [0.25, 0.3) is 0 Å². The van der Waals surface area contributed by atoms with E-state index in [1.165, 1.54) is 43.9 Å². The second-order valence-corrected chi connectivity index (χ2v) is 6.87. The smallest absolute Gasteiger partial charge is 0.337 e. The maximum atomic E-state index is 13.3. The minimum absolute atomic E-state index is 0.150. The van der Waals surface area contributed by atoms with E-state index in [2.05, 4.69) is 4.90 Å². The third-order valence-corrected chi connectivity index (χ3v) is 5.18. The van der Waals surface area contributed by atoms with Gasteiger partial charge in [0, 0.05) is 38.3 Å². The fourth-order valence-electron chi connectivity index (χ4n) is 3.71. The van der Waals surface area contributed by atoms with Gasteiger partial charge in [-0.15, -0.1) is 0 Å². The molecule has 1 aliphatic heterocycles. The Bertz CT molecular complexity index is 673. The van der Waals surface area contributed by atoms with E-state index in [9.17, 15) is 22.4 Å². The van der Waals surface area contributed by atoms with E-state index in [4.69, 9.17) is 0 Å². The minimum atomic E-state index is -4.76. The van der Waals surface area contributed by atoms with Crippen molar-refractivity contribution in [1.29, 1.82) is 0 Å². The number of halogens is 4. The molecular weight excluding hydrogens is 348 g/mol. The molecule has 7 heteroatoms. The van der Waals surface area contributed by atoms with E-state index < -0.39 is 17.6 Å². The standard InChI is InChI=1S/C19H22F4N2O/c20-17-7-5-14(13-16(17)19(21,22)23)6-8-18(26)25-11-9-24(10-12-25)15-3-1-2-4-15/h5-8,13,15H,1-4,9-12H2. The summed E-state index contributed by atoms with van der Waals surface area (Å²) in [7, 11) is 0. The van der Waals surface area contributed by atoms with E-state index in [1.54, 1.807) is 4.90 Å². The van der Waals surface area contributed by atoms with Gasteiger partial charge in [-0.05, 0) is 36.6 Å². The van der Waals surface area contributed by atoms with Crippen LogP contribution in [0.15, 0.2) is 24.3 Å². The molecule has 0 N–H and O–H groups in total. The molecule has 26 heavy (non-hydrogen) atoms. The first-order valence-corrected chi connectivity index (χ1v) is 8.92. The van der Waals surface area contributed by atoms with Gasteiger partial charge in [0.05, 0.1) is 5.56 Å². The van der Waals surface area contributed by atoms with Crippen molar-refractivity contribution in [2.45, 2.75) is 37.9 Å². The third kappa shape index (κ3) is 4.44. The lowest BCUT2D eigenvalue weighted by Crippen LogP contribution is -2.51. The van der Waals surface area contributed by atoms with Crippen molar-refractivity contribution < 1.29 is 22.4 Å². The zero-order valence-corrected chi connectivity index (χ0v) is 14.4. The van der Waals surface area contributed by atoms with Crippen LogP contribution < -0.4 is 0 Å². The average molecular weight is 370 g/mol. The SMILES string of the molecule is O=C(C=Cc1ccc(F)c(C(F)(F)F)c1)N1CCN(C2CCCC2)CC1. The molecule has 1 aliphatic carbocycles. The van der Waals surface area contributed by atoms with Gasteiger partial charge in [-0.2, -0.15) is 13.2 Å². The molecule has 1 amide bonds. The number of hydrogen-bond acceptors (Lipinski definition) is 2. The Balaban J connectivity index is 1.58. The van der Waals surface area contributed by atoms with Crippen LogP contribution in [-0.4, -0.2) is 47.9 Å². The number of hydrogen-bond donors (Lipinski definition) is 0. The molecule has 0 unspecified atom stereocenters. The van der Waals surface area contributed by atoms with Gasteiger partial charge in [0.1, 0.15) is 5.82 Å². The first kappa shape index (κ1) is 18.9. The zero-order valence-electron chi connectivity index (χ0n) is 14.4. The van der Waals surface area contributed by atoms with Crippen LogP contribution in [-0.2, 0) is 11.0 Å². The normalized spacial score (nSPS) is 20.2. The number of carbonyl (C=O) groups is 1. The molecule has 0 bridgehead atoms. The van der Waals surface area contributed by atoms with Crippen LogP contribution in [0.1, 0.15) is 36.8 Å². The molecule has 2 aliphatic rings. The van der Waals surface area contributed by atoms with E-state index in [0.717, 1.165) is 25.2 Å². The summed E-state index contributed by atoms with van der Waals surface area (Å²) in [5.41, 5.74) is -1.17. The van der Waals surface area contributed by atoms with Gasteiger partial charge in [0.15, 0.2) is 0 Å². The first-order valence-electron chi connectivity index (χ1n) is 8.92. The van der Waals surface area contributed by atoms with Gasteiger partial charge >= 0.3 is 6.18 Å². The van der Waals surface area contributed by atoms with Crippen molar-refractivity contribution in [2.24, 2.45) is 0 Å². The van der Waals surface area contributed by atoms with Crippen LogP contribution in [0.3, 0.4) is 0 Å². The molecule has 1 saturated carbocycles. The average Bonchev–Trinajstić information content (AvgIpc) is 3.14. The van der Waals surface area contributed by atoms with Crippen LogP contribution in [0.2, 0.25) is 0 Å². The van der Waals surface area contributed by atoms with Crippen molar-refractivity contribution >= 4 is 12.0 Å². The largest absolute Gasteiger partial charge is 0.419 e. The van der Waals surface area contributed by atoms with Crippen molar-refractivity contribution in [3.63, 3.8) is 0 Å². The Morgan fingerprint density at radius 3 is 2.35 bits per heavy atom. The van der Waals surface area contributed by atoms with Gasteiger partial charge in [-0.1, -0.05) is 18.9 Å². The number of benzene rings is 1. The highest BCUT2D eigenvalue weighted by atomic mass is 19.4. The molecule has 1 heterocycles. The maximum absolute atomic E-state index is 13.3. The van der Waals surface area contributed by atoms with E-state index in [0.29, 0.717) is 19.1 Å². The van der Waals surface area contributed by atoms with Crippen molar-refractivity contribution in [2.75, 3.05) is 26.2 Å². The minimum Gasteiger partial charge on any atom is -0.337 e. The summed E-state index contributed by atoms with van der Waals surface area (Å²) in [5.74, 6) is -1.54. The van der Waals surface area contributed by atoms with Crippen LogP contribution in [0.4, 0.5) is 17.6 Å². The summed E-state index contributed by atoms with van der Waals surface area (Å²) in [6.07, 6.45) is 2.79. The number of alkyl halides is 3. The Kier molecular flexibility index (Phi) is 5.65. The lowest BCUT2D eigenvalue weighted by atomic mass is 10.1. The summed E-state index contributed by atoms with van der Waals surface area (Å²) < 4.78 is 51.5. The number of piperazine rings is 1. The summed E-state index contributed by atoms with van der Waals surface area (Å²) in [6.45, 7) is 2.91. The fourth-order valence-corrected chi connectivity index (χ4v) is 3.71. The number of amides is 1. The molecule has 3 rings (SSSR count). The second-order valence-electron chi connectivity index (χ2n) is 6.87. The summed E-state index contributed by atoms with van der Waals surface area (Å²) in [5, 5.41) is 0. The van der Waals surface area contributed by atoms with Crippen LogP contribution in [0.25, 0.3) is 6.08 Å². The summed E-state index contributed by atoms with van der Waals surface area (Å²) in [6, 6.07) is 3.35. The Morgan fingerprint density at radius 2 is 1.73 bits per heavy atom.